The lowest BCUT2D eigenvalue weighted by molar-refractivity contribution is 0.286. The zero-order chi connectivity index (χ0) is 24.0. The van der Waals surface area contributed by atoms with Gasteiger partial charge in [0.15, 0.2) is 0 Å². The number of unbranched alkanes of at least 4 members (excludes halogenated alkanes) is 14. The molecule has 0 heterocycles. The maximum Gasteiger partial charge on any atom is 0.296 e. The Morgan fingerprint density at radius 2 is 1.09 bits per heavy atom. The highest BCUT2D eigenvalue weighted by atomic mass is 32.2. The van der Waals surface area contributed by atoms with E-state index in [9.17, 15) is 8.42 Å². The molecule has 0 aromatic heterocycles. The molecule has 0 bridgehead atoms. The highest BCUT2D eigenvalue weighted by Gasteiger charge is 2.14. The third kappa shape index (κ3) is 17.2. The van der Waals surface area contributed by atoms with Crippen molar-refractivity contribution in [2.45, 2.75) is 115 Å². The average molecular weight is 484 g/mol. The van der Waals surface area contributed by atoms with Crippen molar-refractivity contribution < 1.29 is 17.7 Å². The standard InChI is InChI=1S/C27H49NO4S/c1-26-18-20-27(21-19-26)33(30,31)32-25-16-14-12-10-8-6-4-2-3-5-7-9-11-13-15-22-28-23-17-24-29/h18-21,28-29H,2-17,22-25H2,1H3. The van der Waals surface area contributed by atoms with Gasteiger partial charge in [-0.2, -0.15) is 8.42 Å². The summed E-state index contributed by atoms with van der Waals surface area (Å²) in [4.78, 5) is 0.243. The van der Waals surface area contributed by atoms with Gasteiger partial charge < -0.3 is 10.4 Å². The molecule has 2 N–H and O–H groups in total. The van der Waals surface area contributed by atoms with Crippen LogP contribution in [0.1, 0.15) is 108 Å². The van der Waals surface area contributed by atoms with Crippen molar-refractivity contribution in [3.05, 3.63) is 29.8 Å². The molecule has 1 aromatic carbocycles. The lowest BCUT2D eigenvalue weighted by Crippen LogP contribution is -2.17. The summed E-state index contributed by atoms with van der Waals surface area (Å²) in [5, 5.41) is 12.1. The summed E-state index contributed by atoms with van der Waals surface area (Å²) in [6, 6.07) is 6.80. The molecule has 0 amide bonds. The quantitative estimate of drug-likeness (QED) is 0.137. The Kier molecular flexibility index (Phi) is 18.6. The fraction of sp³-hybridized carbons (Fsp3) is 0.778. The highest BCUT2D eigenvalue weighted by molar-refractivity contribution is 7.86. The molecule has 0 aliphatic carbocycles. The van der Waals surface area contributed by atoms with E-state index in [4.69, 9.17) is 9.29 Å². The number of rotatable bonds is 23. The van der Waals surface area contributed by atoms with E-state index in [0.717, 1.165) is 44.3 Å². The summed E-state index contributed by atoms with van der Waals surface area (Å²) in [5.41, 5.74) is 1.04. The van der Waals surface area contributed by atoms with Crippen LogP contribution in [0.25, 0.3) is 0 Å². The third-order valence-electron chi connectivity index (χ3n) is 6.06. The Bertz CT molecular complexity index is 661. The Hall–Kier alpha value is -0.950. The Morgan fingerprint density at radius 3 is 1.58 bits per heavy atom. The molecule has 0 aliphatic heterocycles. The summed E-state index contributed by atoms with van der Waals surface area (Å²) in [6.45, 7) is 4.52. The van der Waals surface area contributed by atoms with Crippen molar-refractivity contribution in [1.82, 2.24) is 5.32 Å². The minimum Gasteiger partial charge on any atom is -0.396 e. The molecule has 1 rings (SSSR count). The molecule has 1 aromatic rings. The first-order valence-electron chi connectivity index (χ1n) is 13.3. The smallest absolute Gasteiger partial charge is 0.296 e. The normalized spacial score (nSPS) is 11.8. The van der Waals surface area contributed by atoms with Crippen molar-refractivity contribution >= 4 is 10.1 Å². The molecule has 0 saturated heterocycles. The molecule has 6 heteroatoms. The number of hydrogen-bond donors (Lipinski definition) is 2. The molecule has 0 fully saturated rings. The number of aliphatic hydroxyl groups is 1. The van der Waals surface area contributed by atoms with Gasteiger partial charge in [0, 0.05) is 6.61 Å². The summed E-state index contributed by atoms with van der Waals surface area (Å²) < 4.78 is 29.4. The van der Waals surface area contributed by atoms with Gasteiger partial charge in [-0.3, -0.25) is 4.18 Å². The fourth-order valence-electron chi connectivity index (χ4n) is 3.92. The van der Waals surface area contributed by atoms with Crippen LogP contribution in [0.5, 0.6) is 0 Å². The van der Waals surface area contributed by atoms with Crippen molar-refractivity contribution in [3.63, 3.8) is 0 Å². The van der Waals surface area contributed by atoms with Crippen LogP contribution in [-0.4, -0.2) is 39.8 Å². The van der Waals surface area contributed by atoms with Gasteiger partial charge in [0.1, 0.15) is 0 Å². The van der Waals surface area contributed by atoms with Gasteiger partial charge in [-0.15, -0.1) is 0 Å². The first-order chi connectivity index (χ1) is 16.1. The molecular weight excluding hydrogens is 434 g/mol. The van der Waals surface area contributed by atoms with Crippen molar-refractivity contribution in [2.75, 3.05) is 26.3 Å². The molecule has 0 unspecified atom stereocenters. The highest BCUT2D eigenvalue weighted by Crippen LogP contribution is 2.15. The van der Waals surface area contributed by atoms with Gasteiger partial charge >= 0.3 is 0 Å². The van der Waals surface area contributed by atoms with Crippen LogP contribution < -0.4 is 5.32 Å². The molecule has 0 atom stereocenters. The number of aryl methyl sites for hydroxylation is 1. The van der Waals surface area contributed by atoms with Crippen LogP contribution in [-0.2, 0) is 14.3 Å². The topological polar surface area (TPSA) is 75.6 Å². The minimum atomic E-state index is -3.61. The second-order valence-corrected chi connectivity index (χ2v) is 10.8. The van der Waals surface area contributed by atoms with Crippen molar-refractivity contribution in [2.24, 2.45) is 0 Å². The number of hydrogen-bond acceptors (Lipinski definition) is 5. The molecule has 0 radical (unpaired) electrons. The average Bonchev–Trinajstić information content (AvgIpc) is 2.80. The summed E-state index contributed by atoms with van der Waals surface area (Å²) in [7, 11) is -3.61. The molecule has 192 valence electrons. The SMILES string of the molecule is Cc1ccc(S(=O)(=O)OCCCCCCCCCCCCCCCCCNCCCO)cc1. The lowest BCUT2D eigenvalue weighted by Gasteiger charge is -2.06. The van der Waals surface area contributed by atoms with E-state index < -0.39 is 10.1 Å². The van der Waals surface area contributed by atoms with E-state index in [2.05, 4.69) is 5.32 Å². The monoisotopic (exact) mass is 483 g/mol. The fourth-order valence-corrected chi connectivity index (χ4v) is 4.86. The molecule has 33 heavy (non-hydrogen) atoms. The van der Waals surface area contributed by atoms with E-state index in [1.807, 2.05) is 6.92 Å². The van der Waals surface area contributed by atoms with Crippen LogP contribution in [0, 0.1) is 6.92 Å². The van der Waals surface area contributed by atoms with Gasteiger partial charge in [0.2, 0.25) is 0 Å². The number of nitrogens with one attached hydrogen (secondary N) is 1. The maximum atomic E-state index is 12.1. The predicted octanol–water partition coefficient (Wildman–Crippen LogP) is 6.52. The molecular formula is C27H49NO4S. The zero-order valence-electron chi connectivity index (χ0n) is 21.0. The van der Waals surface area contributed by atoms with Gasteiger partial charge in [-0.1, -0.05) is 101 Å². The third-order valence-corrected chi connectivity index (χ3v) is 7.38. The van der Waals surface area contributed by atoms with Crippen molar-refractivity contribution in [3.8, 4) is 0 Å². The van der Waals surface area contributed by atoms with E-state index in [0.29, 0.717) is 0 Å². The predicted molar refractivity (Wildman–Crippen MR) is 138 cm³/mol. The van der Waals surface area contributed by atoms with Crippen LogP contribution in [0.3, 0.4) is 0 Å². The van der Waals surface area contributed by atoms with E-state index in [-0.39, 0.29) is 18.1 Å². The first kappa shape index (κ1) is 30.1. The second kappa shape index (κ2) is 20.4. The summed E-state index contributed by atoms with van der Waals surface area (Å²) >= 11 is 0. The van der Waals surface area contributed by atoms with E-state index in [1.165, 1.54) is 77.0 Å². The number of benzene rings is 1. The van der Waals surface area contributed by atoms with Crippen LogP contribution in [0.15, 0.2) is 29.2 Å². The zero-order valence-corrected chi connectivity index (χ0v) is 21.8. The summed E-state index contributed by atoms with van der Waals surface area (Å²) in [6.07, 6.45) is 19.8. The second-order valence-electron chi connectivity index (χ2n) is 9.22. The Balaban J connectivity index is 1.79. The molecule has 5 nitrogen and oxygen atoms in total. The molecule has 0 aliphatic rings. The van der Waals surface area contributed by atoms with Gasteiger partial charge in [-0.25, -0.2) is 0 Å². The first-order valence-corrected chi connectivity index (χ1v) is 14.7. The molecule has 0 spiro atoms. The van der Waals surface area contributed by atoms with Crippen LogP contribution in [0.4, 0.5) is 0 Å². The Labute approximate surface area is 203 Å². The lowest BCUT2D eigenvalue weighted by atomic mass is 10.0. The van der Waals surface area contributed by atoms with Gasteiger partial charge in [0.25, 0.3) is 10.1 Å². The van der Waals surface area contributed by atoms with Crippen LogP contribution >= 0.6 is 0 Å². The van der Waals surface area contributed by atoms with Gasteiger partial charge in [0.05, 0.1) is 11.5 Å². The van der Waals surface area contributed by atoms with Crippen molar-refractivity contribution in [1.29, 1.82) is 0 Å². The van der Waals surface area contributed by atoms with E-state index >= 15 is 0 Å². The Morgan fingerprint density at radius 1 is 0.667 bits per heavy atom. The maximum absolute atomic E-state index is 12.1. The molecule has 0 saturated carbocycles. The minimum absolute atomic E-state index is 0.243. The van der Waals surface area contributed by atoms with Crippen LogP contribution in [0.2, 0.25) is 0 Å². The largest absolute Gasteiger partial charge is 0.396 e. The summed E-state index contributed by atoms with van der Waals surface area (Å²) in [5.74, 6) is 0. The van der Waals surface area contributed by atoms with Gasteiger partial charge in [-0.05, 0) is 51.4 Å². The number of aliphatic hydroxyl groups excluding tert-OH is 1. The van der Waals surface area contributed by atoms with E-state index in [1.54, 1.807) is 24.3 Å².